The van der Waals surface area contributed by atoms with Crippen LogP contribution in [-0.4, -0.2) is 31.5 Å². The summed E-state index contributed by atoms with van der Waals surface area (Å²) in [7, 11) is 4.67. The quantitative estimate of drug-likeness (QED) is 0.720. The molecule has 2 aromatic carbocycles. The molecule has 0 aliphatic rings. The van der Waals surface area contributed by atoms with Gasteiger partial charge >= 0.3 is 0 Å². The fourth-order valence-electron chi connectivity index (χ4n) is 2.20. The molecule has 0 unspecified atom stereocenters. The molecule has 0 N–H and O–H groups in total. The molecule has 3 aromatic rings. The Balaban J connectivity index is 2.04. The molecule has 6 heteroatoms. The summed E-state index contributed by atoms with van der Waals surface area (Å²) in [5, 5.41) is 4.00. The number of benzene rings is 2. The van der Waals surface area contributed by atoms with Crippen LogP contribution in [0.2, 0.25) is 0 Å². The molecule has 1 radical (unpaired) electrons. The fourth-order valence-corrected chi connectivity index (χ4v) is 2.20. The summed E-state index contributed by atoms with van der Waals surface area (Å²) in [6, 6.07) is 13.8. The molecular formula is C17H15N2O4. The second-order valence-electron chi connectivity index (χ2n) is 4.63. The third-order valence-electron chi connectivity index (χ3n) is 3.31. The number of ether oxygens (including phenoxy) is 3. The highest BCUT2D eigenvalue weighted by molar-refractivity contribution is 5.67. The highest BCUT2D eigenvalue weighted by Gasteiger charge is 2.18. The summed E-state index contributed by atoms with van der Waals surface area (Å²) < 4.78 is 21.3. The van der Waals surface area contributed by atoms with Gasteiger partial charge in [-0.1, -0.05) is 29.4 Å². The molecule has 0 aliphatic carbocycles. The molecule has 0 aliphatic heterocycles. The number of rotatable bonds is 5. The first-order valence-corrected chi connectivity index (χ1v) is 6.87. The summed E-state index contributed by atoms with van der Waals surface area (Å²) in [6.07, 6.45) is 0. The van der Waals surface area contributed by atoms with Crippen molar-refractivity contribution >= 4 is 0 Å². The van der Waals surface area contributed by atoms with Gasteiger partial charge in [0.1, 0.15) is 0 Å². The molecule has 23 heavy (non-hydrogen) atoms. The van der Waals surface area contributed by atoms with E-state index in [1.54, 1.807) is 45.6 Å². The number of methoxy groups -OCH3 is 3. The van der Waals surface area contributed by atoms with E-state index in [0.29, 0.717) is 34.5 Å². The number of aromatic nitrogens is 2. The second kappa shape index (κ2) is 6.39. The van der Waals surface area contributed by atoms with Gasteiger partial charge in [0.2, 0.25) is 11.6 Å². The largest absolute Gasteiger partial charge is 0.493 e. The molecule has 1 aromatic heterocycles. The first-order chi connectivity index (χ1) is 11.3. The lowest BCUT2D eigenvalue weighted by molar-refractivity contribution is 0.324. The zero-order valence-corrected chi connectivity index (χ0v) is 13.0. The third kappa shape index (κ3) is 2.83. The van der Waals surface area contributed by atoms with E-state index in [1.165, 1.54) is 0 Å². The highest BCUT2D eigenvalue weighted by Crippen LogP contribution is 2.41. The molecule has 6 nitrogen and oxygen atoms in total. The average Bonchev–Trinajstić information content (AvgIpc) is 3.11. The molecule has 1 heterocycles. The minimum Gasteiger partial charge on any atom is -0.493 e. The van der Waals surface area contributed by atoms with Gasteiger partial charge in [0.15, 0.2) is 11.5 Å². The normalized spacial score (nSPS) is 10.4. The Labute approximate surface area is 133 Å². The van der Waals surface area contributed by atoms with Crippen molar-refractivity contribution in [2.45, 2.75) is 0 Å². The van der Waals surface area contributed by atoms with Crippen LogP contribution in [0.25, 0.3) is 22.8 Å². The van der Waals surface area contributed by atoms with Crippen LogP contribution in [0.5, 0.6) is 17.2 Å². The van der Waals surface area contributed by atoms with Gasteiger partial charge in [0.05, 0.1) is 21.3 Å². The standard InChI is InChI=1S/C17H15N2O4/c1-20-13-9-12(10-14(21-2)15(13)22-3)17-18-16(19-23-17)11-7-5-4-6-8-11/h5-10H,1-3H3. The molecule has 3 rings (SSSR count). The van der Waals surface area contributed by atoms with Gasteiger partial charge < -0.3 is 18.7 Å². The topological polar surface area (TPSA) is 66.6 Å². The van der Waals surface area contributed by atoms with Crippen molar-refractivity contribution in [2.75, 3.05) is 21.3 Å². The predicted molar refractivity (Wildman–Crippen MR) is 83.7 cm³/mol. The van der Waals surface area contributed by atoms with Crippen molar-refractivity contribution in [3.63, 3.8) is 0 Å². The van der Waals surface area contributed by atoms with Crippen molar-refractivity contribution in [2.24, 2.45) is 0 Å². The van der Waals surface area contributed by atoms with E-state index in [2.05, 4.69) is 16.2 Å². The maximum Gasteiger partial charge on any atom is 0.258 e. The highest BCUT2D eigenvalue weighted by atomic mass is 16.5. The van der Waals surface area contributed by atoms with E-state index in [-0.39, 0.29) is 0 Å². The van der Waals surface area contributed by atoms with Gasteiger partial charge in [0.25, 0.3) is 5.89 Å². The molecular weight excluding hydrogens is 296 g/mol. The Morgan fingerprint density at radius 3 is 2.13 bits per heavy atom. The molecule has 0 spiro atoms. The van der Waals surface area contributed by atoms with Crippen LogP contribution in [0, 0.1) is 6.07 Å². The van der Waals surface area contributed by atoms with E-state index in [0.717, 1.165) is 5.56 Å². The summed E-state index contributed by atoms with van der Waals surface area (Å²) in [4.78, 5) is 4.41. The van der Waals surface area contributed by atoms with Gasteiger partial charge in [-0.25, -0.2) is 0 Å². The van der Waals surface area contributed by atoms with Crippen LogP contribution in [0.3, 0.4) is 0 Å². The van der Waals surface area contributed by atoms with Gasteiger partial charge in [-0.3, -0.25) is 0 Å². The SMILES string of the molecule is COc1cc(-c2nc(-c3cc[c]cc3)no2)cc(OC)c1OC. The molecule has 0 saturated carbocycles. The van der Waals surface area contributed by atoms with E-state index in [1.807, 2.05) is 12.1 Å². The van der Waals surface area contributed by atoms with Crippen LogP contribution >= 0.6 is 0 Å². The third-order valence-corrected chi connectivity index (χ3v) is 3.31. The molecule has 0 bridgehead atoms. The van der Waals surface area contributed by atoms with E-state index < -0.39 is 0 Å². The Morgan fingerprint density at radius 2 is 1.57 bits per heavy atom. The van der Waals surface area contributed by atoms with Crippen LogP contribution in [0.4, 0.5) is 0 Å². The van der Waals surface area contributed by atoms with Crippen molar-refractivity contribution in [1.82, 2.24) is 10.1 Å². The summed E-state index contributed by atoms with van der Waals surface area (Å²) >= 11 is 0. The fraction of sp³-hybridized carbons (Fsp3) is 0.176. The summed E-state index contributed by atoms with van der Waals surface area (Å²) in [5.74, 6) is 2.43. The molecule has 0 fully saturated rings. The lowest BCUT2D eigenvalue weighted by atomic mass is 10.1. The number of hydrogen-bond donors (Lipinski definition) is 0. The molecule has 0 saturated heterocycles. The minimum absolute atomic E-state index is 0.368. The van der Waals surface area contributed by atoms with Crippen molar-refractivity contribution in [1.29, 1.82) is 0 Å². The first-order valence-electron chi connectivity index (χ1n) is 6.87. The first kappa shape index (κ1) is 14.9. The van der Waals surface area contributed by atoms with Crippen LogP contribution in [-0.2, 0) is 0 Å². The summed E-state index contributed by atoms with van der Waals surface area (Å²) in [6.45, 7) is 0. The maximum absolute atomic E-state index is 5.35. The zero-order valence-electron chi connectivity index (χ0n) is 13.0. The number of nitrogens with zero attached hydrogens (tertiary/aromatic N) is 2. The van der Waals surface area contributed by atoms with Crippen molar-refractivity contribution in [3.05, 3.63) is 42.5 Å². The van der Waals surface area contributed by atoms with Gasteiger partial charge in [0, 0.05) is 11.1 Å². The lowest BCUT2D eigenvalue weighted by Gasteiger charge is -2.12. The van der Waals surface area contributed by atoms with Gasteiger partial charge in [-0.05, 0) is 18.2 Å². The van der Waals surface area contributed by atoms with Crippen molar-refractivity contribution in [3.8, 4) is 40.1 Å². The van der Waals surface area contributed by atoms with Crippen molar-refractivity contribution < 1.29 is 18.7 Å². The van der Waals surface area contributed by atoms with E-state index in [4.69, 9.17) is 18.7 Å². The van der Waals surface area contributed by atoms with E-state index in [9.17, 15) is 0 Å². The lowest BCUT2D eigenvalue weighted by Crippen LogP contribution is -1.95. The molecule has 0 amide bonds. The van der Waals surface area contributed by atoms with E-state index >= 15 is 0 Å². The second-order valence-corrected chi connectivity index (χ2v) is 4.63. The monoisotopic (exact) mass is 311 g/mol. The zero-order chi connectivity index (χ0) is 16.2. The molecule has 117 valence electrons. The average molecular weight is 311 g/mol. The Hall–Kier alpha value is -3.02. The molecule has 0 atom stereocenters. The Kier molecular flexibility index (Phi) is 4.14. The van der Waals surface area contributed by atoms with Crippen LogP contribution < -0.4 is 14.2 Å². The maximum atomic E-state index is 5.35. The number of hydrogen-bond acceptors (Lipinski definition) is 6. The minimum atomic E-state index is 0.368. The predicted octanol–water partition coefficient (Wildman–Crippen LogP) is 3.23. The van der Waals surface area contributed by atoms with Crippen LogP contribution in [0.15, 0.2) is 40.9 Å². The Bertz CT molecular complexity index is 774. The Morgan fingerprint density at radius 1 is 0.913 bits per heavy atom. The smallest absolute Gasteiger partial charge is 0.258 e. The van der Waals surface area contributed by atoms with Gasteiger partial charge in [-0.2, -0.15) is 4.98 Å². The van der Waals surface area contributed by atoms with Gasteiger partial charge in [-0.15, -0.1) is 0 Å². The van der Waals surface area contributed by atoms with Crippen LogP contribution in [0.1, 0.15) is 0 Å². The summed E-state index contributed by atoms with van der Waals surface area (Å²) in [5.41, 5.74) is 1.53.